The van der Waals surface area contributed by atoms with E-state index in [4.69, 9.17) is 0 Å². The molecular weight excluding hydrogens is 328 g/mol. The molecule has 26 heavy (non-hydrogen) atoms. The first-order chi connectivity index (χ1) is 12.7. The van der Waals surface area contributed by atoms with Crippen molar-refractivity contribution in [1.29, 1.82) is 0 Å². The number of benzene rings is 1. The fraction of sp³-hybridized carbons (Fsp3) is 0.263. The largest absolute Gasteiger partial charge is 0.381 e. The molecular formula is C19H20N6O. The Morgan fingerprint density at radius 2 is 1.85 bits per heavy atom. The molecule has 0 radical (unpaired) electrons. The monoisotopic (exact) mass is 348 g/mol. The fourth-order valence-corrected chi connectivity index (χ4v) is 2.66. The van der Waals surface area contributed by atoms with Crippen molar-refractivity contribution >= 4 is 17.3 Å². The third kappa shape index (κ3) is 3.88. The summed E-state index contributed by atoms with van der Waals surface area (Å²) in [6, 6.07) is 7.36. The van der Waals surface area contributed by atoms with E-state index in [1.54, 1.807) is 29.2 Å². The first kappa shape index (κ1) is 16.3. The summed E-state index contributed by atoms with van der Waals surface area (Å²) in [5.41, 5.74) is 3.24. The molecule has 1 fully saturated rings. The molecule has 1 aliphatic rings. The van der Waals surface area contributed by atoms with Crippen molar-refractivity contribution in [2.45, 2.75) is 25.3 Å². The Labute approximate surface area is 151 Å². The third-order valence-electron chi connectivity index (χ3n) is 4.27. The Balaban J connectivity index is 1.34. The third-order valence-corrected chi connectivity index (χ3v) is 4.27. The van der Waals surface area contributed by atoms with Crippen molar-refractivity contribution < 1.29 is 4.79 Å². The number of amides is 1. The van der Waals surface area contributed by atoms with E-state index in [1.807, 2.05) is 31.6 Å². The number of carbonyl (C=O) groups excluding carboxylic acids is 1. The number of aryl methyl sites for hydroxylation is 1. The minimum absolute atomic E-state index is 0.174. The zero-order chi connectivity index (χ0) is 17.9. The molecule has 1 aliphatic carbocycles. The summed E-state index contributed by atoms with van der Waals surface area (Å²) in [5, 5.41) is 10.3. The summed E-state index contributed by atoms with van der Waals surface area (Å²) in [6.45, 7) is 0.685. The van der Waals surface area contributed by atoms with Crippen LogP contribution in [0.2, 0.25) is 0 Å². The summed E-state index contributed by atoms with van der Waals surface area (Å²) < 4.78 is 1.77. The minimum atomic E-state index is -0.174. The van der Waals surface area contributed by atoms with Gasteiger partial charge in [0, 0.05) is 42.5 Å². The van der Waals surface area contributed by atoms with Crippen LogP contribution in [0.1, 0.15) is 40.5 Å². The van der Waals surface area contributed by atoms with E-state index < -0.39 is 0 Å². The maximum atomic E-state index is 12.3. The lowest BCUT2D eigenvalue weighted by Crippen LogP contribution is -2.12. The Morgan fingerprint density at radius 1 is 1.12 bits per heavy atom. The predicted molar refractivity (Wildman–Crippen MR) is 98.9 cm³/mol. The molecule has 0 aliphatic heterocycles. The maximum Gasteiger partial charge on any atom is 0.255 e. The van der Waals surface area contributed by atoms with Crippen molar-refractivity contribution in [1.82, 2.24) is 19.7 Å². The van der Waals surface area contributed by atoms with Gasteiger partial charge in [0.05, 0.1) is 24.3 Å². The van der Waals surface area contributed by atoms with Crippen LogP contribution >= 0.6 is 0 Å². The van der Waals surface area contributed by atoms with Crippen molar-refractivity contribution in [2.24, 2.45) is 7.05 Å². The number of nitrogens with zero attached hydrogens (tertiary/aromatic N) is 4. The molecule has 0 bridgehead atoms. The van der Waals surface area contributed by atoms with Crippen LogP contribution in [0.15, 0.2) is 49.1 Å². The second-order valence-corrected chi connectivity index (χ2v) is 6.51. The Hall–Kier alpha value is -3.22. The van der Waals surface area contributed by atoms with Gasteiger partial charge in [-0.3, -0.25) is 9.48 Å². The van der Waals surface area contributed by atoms with Gasteiger partial charge in [0.2, 0.25) is 0 Å². The van der Waals surface area contributed by atoms with E-state index in [0.29, 0.717) is 23.7 Å². The van der Waals surface area contributed by atoms with E-state index in [1.165, 1.54) is 0 Å². The number of aromatic nitrogens is 4. The predicted octanol–water partition coefficient (Wildman–Crippen LogP) is 2.95. The molecule has 0 atom stereocenters. The summed E-state index contributed by atoms with van der Waals surface area (Å²) in [4.78, 5) is 21.0. The lowest BCUT2D eigenvalue weighted by atomic mass is 10.2. The van der Waals surface area contributed by atoms with E-state index in [9.17, 15) is 4.79 Å². The van der Waals surface area contributed by atoms with Crippen LogP contribution in [0.5, 0.6) is 0 Å². The van der Waals surface area contributed by atoms with Gasteiger partial charge in [-0.2, -0.15) is 5.10 Å². The first-order valence-corrected chi connectivity index (χ1v) is 8.62. The molecule has 1 aromatic carbocycles. The van der Waals surface area contributed by atoms with Gasteiger partial charge in [0.1, 0.15) is 5.82 Å². The molecule has 1 amide bonds. The van der Waals surface area contributed by atoms with Crippen LogP contribution in [-0.4, -0.2) is 25.7 Å². The second kappa shape index (κ2) is 6.95. The van der Waals surface area contributed by atoms with Gasteiger partial charge in [-0.25, -0.2) is 9.97 Å². The van der Waals surface area contributed by atoms with Gasteiger partial charge in [-0.1, -0.05) is 0 Å². The molecule has 1 saturated carbocycles. The summed E-state index contributed by atoms with van der Waals surface area (Å²) >= 11 is 0. The molecule has 7 heteroatoms. The van der Waals surface area contributed by atoms with Gasteiger partial charge in [-0.05, 0) is 37.1 Å². The molecule has 7 nitrogen and oxygen atoms in total. The van der Waals surface area contributed by atoms with Crippen molar-refractivity contribution in [3.8, 4) is 0 Å². The topological polar surface area (TPSA) is 84.7 Å². The van der Waals surface area contributed by atoms with Gasteiger partial charge in [-0.15, -0.1) is 0 Å². The molecule has 0 unspecified atom stereocenters. The normalized spacial score (nSPS) is 13.4. The second-order valence-electron chi connectivity index (χ2n) is 6.51. The highest BCUT2D eigenvalue weighted by molar-refractivity contribution is 6.04. The van der Waals surface area contributed by atoms with Crippen molar-refractivity contribution in [3.05, 3.63) is 66.0 Å². The van der Waals surface area contributed by atoms with Crippen LogP contribution in [0.4, 0.5) is 11.4 Å². The summed E-state index contributed by atoms with van der Waals surface area (Å²) in [6.07, 6.45) is 9.45. The molecule has 0 spiro atoms. The maximum absolute atomic E-state index is 12.3. The summed E-state index contributed by atoms with van der Waals surface area (Å²) in [7, 11) is 1.89. The molecule has 3 aromatic rings. The minimum Gasteiger partial charge on any atom is -0.381 e. The SMILES string of the molecule is Cn1cc(CNc2ccc(C(=O)Nc3cnc(C4CC4)nc3)cc2)cn1. The number of hydrogen-bond donors (Lipinski definition) is 2. The van der Waals surface area contributed by atoms with Crippen LogP contribution in [-0.2, 0) is 13.6 Å². The number of hydrogen-bond acceptors (Lipinski definition) is 5. The van der Waals surface area contributed by atoms with Gasteiger partial charge < -0.3 is 10.6 Å². The van der Waals surface area contributed by atoms with E-state index in [-0.39, 0.29) is 5.91 Å². The molecule has 2 N–H and O–H groups in total. The van der Waals surface area contributed by atoms with E-state index in [2.05, 4.69) is 25.7 Å². The van der Waals surface area contributed by atoms with Crippen molar-refractivity contribution in [3.63, 3.8) is 0 Å². The van der Waals surface area contributed by atoms with Gasteiger partial charge >= 0.3 is 0 Å². The zero-order valence-electron chi connectivity index (χ0n) is 14.5. The molecule has 2 heterocycles. The number of anilines is 2. The van der Waals surface area contributed by atoms with E-state index >= 15 is 0 Å². The average Bonchev–Trinajstić information content (AvgIpc) is 3.43. The first-order valence-electron chi connectivity index (χ1n) is 8.62. The van der Waals surface area contributed by atoms with Crippen LogP contribution in [0, 0.1) is 0 Å². The van der Waals surface area contributed by atoms with Gasteiger partial charge in [0.25, 0.3) is 5.91 Å². The Kier molecular flexibility index (Phi) is 4.35. The highest BCUT2D eigenvalue weighted by atomic mass is 16.1. The van der Waals surface area contributed by atoms with Crippen LogP contribution < -0.4 is 10.6 Å². The van der Waals surface area contributed by atoms with Crippen molar-refractivity contribution in [2.75, 3.05) is 10.6 Å². The highest BCUT2D eigenvalue weighted by Gasteiger charge is 2.26. The van der Waals surface area contributed by atoms with Crippen LogP contribution in [0.3, 0.4) is 0 Å². The molecule has 4 rings (SSSR count). The molecule has 2 aromatic heterocycles. The molecule has 0 saturated heterocycles. The fourth-order valence-electron chi connectivity index (χ4n) is 2.66. The zero-order valence-corrected chi connectivity index (χ0v) is 14.5. The number of nitrogens with one attached hydrogen (secondary N) is 2. The number of rotatable bonds is 6. The Bertz CT molecular complexity index is 897. The van der Waals surface area contributed by atoms with Gasteiger partial charge in [0.15, 0.2) is 0 Å². The lowest BCUT2D eigenvalue weighted by molar-refractivity contribution is 0.102. The highest BCUT2D eigenvalue weighted by Crippen LogP contribution is 2.37. The van der Waals surface area contributed by atoms with Crippen LogP contribution in [0.25, 0.3) is 0 Å². The standard InChI is InChI=1S/C19H20N6O/c1-25-12-13(9-23-25)8-20-16-6-4-15(5-7-16)19(26)24-17-10-21-18(22-11-17)14-2-3-14/h4-7,9-12,14,20H,2-3,8H2,1H3,(H,24,26). The summed E-state index contributed by atoms with van der Waals surface area (Å²) in [5.74, 6) is 1.20. The smallest absolute Gasteiger partial charge is 0.255 e. The Morgan fingerprint density at radius 3 is 2.46 bits per heavy atom. The number of carbonyl (C=O) groups is 1. The molecule has 132 valence electrons. The van der Waals surface area contributed by atoms with E-state index in [0.717, 1.165) is 29.9 Å². The quantitative estimate of drug-likeness (QED) is 0.715. The lowest BCUT2D eigenvalue weighted by Gasteiger charge is -2.08. The average molecular weight is 348 g/mol.